The number of benzene rings is 2. The summed E-state index contributed by atoms with van der Waals surface area (Å²) in [6.07, 6.45) is -0.152. The van der Waals surface area contributed by atoms with Gasteiger partial charge in [-0.25, -0.2) is 18.4 Å². The van der Waals surface area contributed by atoms with Crippen LogP contribution in [0.1, 0.15) is 31.9 Å². The molecule has 2 aliphatic rings. The van der Waals surface area contributed by atoms with Gasteiger partial charge in [0, 0.05) is 29.5 Å². The lowest BCUT2D eigenvalue weighted by molar-refractivity contribution is -0.143. The third-order valence-electron chi connectivity index (χ3n) is 5.96. The summed E-state index contributed by atoms with van der Waals surface area (Å²) in [5.41, 5.74) is -1.51. The van der Waals surface area contributed by atoms with Crippen LogP contribution >= 0.6 is 0 Å². The Balaban J connectivity index is 1.42. The summed E-state index contributed by atoms with van der Waals surface area (Å²) >= 11 is 0. The van der Waals surface area contributed by atoms with Crippen LogP contribution in [0.5, 0.6) is 17.4 Å². The zero-order chi connectivity index (χ0) is 27.1. The molecule has 3 heterocycles. The van der Waals surface area contributed by atoms with E-state index in [1.807, 2.05) is 0 Å². The third-order valence-corrected chi connectivity index (χ3v) is 5.96. The molecule has 3 aromatic rings. The quantitative estimate of drug-likeness (QED) is 0.487. The maximum absolute atomic E-state index is 15.4. The molecular weight excluding hydrogens is 502 g/mol. The minimum Gasteiger partial charge on any atom is -0.444 e. The number of fused-ring (bicyclic) bond motifs is 2. The molecule has 2 aliphatic heterocycles. The number of halogens is 2. The lowest BCUT2D eigenvalue weighted by atomic mass is 9.84. The van der Waals surface area contributed by atoms with Crippen LogP contribution in [0.4, 0.5) is 24.1 Å². The Labute approximate surface area is 216 Å². The summed E-state index contributed by atoms with van der Waals surface area (Å²) in [6.45, 7) is 4.94. The van der Waals surface area contributed by atoms with Gasteiger partial charge in [0.1, 0.15) is 16.9 Å². The van der Waals surface area contributed by atoms with Gasteiger partial charge < -0.3 is 18.9 Å². The Hall–Kier alpha value is -4.32. The van der Waals surface area contributed by atoms with Crippen LogP contribution in [0.2, 0.25) is 0 Å². The molecule has 5 rings (SSSR count). The summed E-state index contributed by atoms with van der Waals surface area (Å²) in [5.74, 6) is -1.50. The fraction of sp³-hybridized carbons (Fsp3) is 0.308. The number of ether oxygens (including phenoxy) is 4. The molecule has 1 spiro atoms. The molecule has 0 aliphatic carbocycles. The Morgan fingerprint density at radius 1 is 1.18 bits per heavy atom. The van der Waals surface area contributed by atoms with Crippen molar-refractivity contribution in [2.75, 3.05) is 18.5 Å². The molecule has 1 aromatic heterocycles. The van der Waals surface area contributed by atoms with Gasteiger partial charge in [-0.15, -0.1) is 5.10 Å². The lowest BCUT2D eigenvalue weighted by Crippen LogP contribution is -2.63. The first-order valence-corrected chi connectivity index (χ1v) is 11.7. The van der Waals surface area contributed by atoms with E-state index in [0.717, 1.165) is 0 Å². The van der Waals surface area contributed by atoms with E-state index in [4.69, 9.17) is 18.9 Å². The molecule has 38 heavy (non-hydrogen) atoms. The summed E-state index contributed by atoms with van der Waals surface area (Å²) in [5, 5.41) is 9.83. The Kier molecular flexibility index (Phi) is 6.35. The second-order valence-electron chi connectivity index (χ2n) is 9.83. The molecule has 1 saturated heterocycles. The van der Waals surface area contributed by atoms with Gasteiger partial charge in [-0.1, -0.05) is 12.1 Å². The van der Waals surface area contributed by atoms with Crippen molar-refractivity contribution in [2.45, 2.75) is 38.5 Å². The molecule has 12 heteroatoms. The molecule has 0 radical (unpaired) electrons. The van der Waals surface area contributed by atoms with Crippen LogP contribution in [0, 0.1) is 11.6 Å². The van der Waals surface area contributed by atoms with Gasteiger partial charge in [0.15, 0.2) is 17.4 Å². The smallest absolute Gasteiger partial charge is 0.416 e. The zero-order valence-corrected chi connectivity index (χ0v) is 20.8. The van der Waals surface area contributed by atoms with Crippen LogP contribution in [-0.4, -0.2) is 46.1 Å². The molecule has 2 amide bonds. The minimum absolute atomic E-state index is 0.0520. The fourth-order valence-corrected chi connectivity index (χ4v) is 4.19. The number of rotatable bonds is 5. The van der Waals surface area contributed by atoms with Gasteiger partial charge in [-0.2, -0.15) is 5.10 Å². The van der Waals surface area contributed by atoms with E-state index in [0.29, 0.717) is 5.56 Å². The van der Waals surface area contributed by atoms with E-state index < -0.39 is 35.0 Å². The van der Waals surface area contributed by atoms with Crippen molar-refractivity contribution >= 4 is 17.9 Å². The number of nitrogens with one attached hydrogen (secondary N) is 1. The molecule has 0 atom stereocenters. The number of hydrogen-bond donors (Lipinski definition) is 1. The van der Waals surface area contributed by atoms with Gasteiger partial charge >= 0.3 is 12.2 Å². The van der Waals surface area contributed by atoms with E-state index >= 15 is 8.78 Å². The molecule has 0 unspecified atom stereocenters. The van der Waals surface area contributed by atoms with Crippen molar-refractivity contribution in [1.82, 2.24) is 15.1 Å². The number of carbonyl (C=O) groups excluding carboxylic acids is 2. The van der Waals surface area contributed by atoms with E-state index in [2.05, 4.69) is 15.5 Å². The summed E-state index contributed by atoms with van der Waals surface area (Å²) in [4.78, 5) is 26.6. The van der Waals surface area contributed by atoms with E-state index in [-0.39, 0.29) is 48.4 Å². The lowest BCUT2D eigenvalue weighted by Gasteiger charge is -2.51. The highest BCUT2D eigenvalue weighted by atomic mass is 19.1. The molecule has 0 saturated carbocycles. The van der Waals surface area contributed by atoms with Crippen LogP contribution in [0.25, 0.3) is 0 Å². The SMILES string of the molecule is CC(C)(C)OC(=O)Nc1cccc(CN2C(=O)Oc3cc(Oc4cccnn4)c(F)cc3C23COC3)c1F. The molecule has 1 N–H and O–H groups in total. The Bertz CT molecular complexity index is 1390. The summed E-state index contributed by atoms with van der Waals surface area (Å²) in [6, 6.07) is 9.94. The van der Waals surface area contributed by atoms with Crippen LogP contribution < -0.4 is 14.8 Å². The van der Waals surface area contributed by atoms with Gasteiger partial charge in [-0.3, -0.25) is 10.2 Å². The standard InChI is InChI=1S/C26H24F2N4O6/c1-25(2,3)38-23(33)30-18-7-4-6-15(22(18)28)12-32-24(34)37-19-11-20(36-21-8-5-9-29-31-21)17(27)10-16(19)26(32)13-35-14-26/h4-11H,12-14H2,1-3H3,(H,30,33). The van der Waals surface area contributed by atoms with Crippen molar-refractivity contribution in [2.24, 2.45) is 0 Å². The number of nitrogens with zero attached hydrogens (tertiary/aromatic N) is 3. The summed E-state index contributed by atoms with van der Waals surface area (Å²) < 4.78 is 52.0. The topological polar surface area (TPSA) is 112 Å². The van der Waals surface area contributed by atoms with Crippen LogP contribution in [-0.2, 0) is 21.6 Å². The number of anilines is 1. The first-order chi connectivity index (χ1) is 18.1. The molecular formula is C26H24F2N4O6. The van der Waals surface area contributed by atoms with E-state index in [1.165, 1.54) is 47.5 Å². The maximum Gasteiger partial charge on any atom is 0.416 e. The average molecular weight is 526 g/mol. The largest absolute Gasteiger partial charge is 0.444 e. The van der Waals surface area contributed by atoms with Gasteiger partial charge in [0.2, 0.25) is 5.88 Å². The minimum atomic E-state index is -1.09. The molecule has 1 fully saturated rings. The Morgan fingerprint density at radius 3 is 2.63 bits per heavy atom. The first-order valence-electron chi connectivity index (χ1n) is 11.7. The van der Waals surface area contributed by atoms with Crippen molar-refractivity contribution in [3.05, 3.63) is 71.4 Å². The maximum atomic E-state index is 15.4. The predicted octanol–water partition coefficient (Wildman–Crippen LogP) is 5.13. The zero-order valence-electron chi connectivity index (χ0n) is 20.8. The van der Waals surface area contributed by atoms with Crippen molar-refractivity contribution in [1.29, 1.82) is 0 Å². The molecule has 2 aromatic carbocycles. The van der Waals surface area contributed by atoms with Gasteiger partial charge in [0.25, 0.3) is 0 Å². The molecule has 0 bridgehead atoms. The highest BCUT2D eigenvalue weighted by molar-refractivity contribution is 5.85. The van der Waals surface area contributed by atoms with Crippen molar-refractivity contribution < 1.29 is 37.3 Å². The van der Waals surface area contributed by atoms with E-state index in [1.54, 1.807) is 26.8 Å². The number of carbonyl (C=O) groups is 2. The second-order valence-corrected chi connectivity index (χ2v) is 9.83. The second kappa shape index (κ2) is 9.53. The third kappa shape index (κ3) is 4.82. The van der Waals surface area contributed by atoms with Crippen LogP contribution in [0.15, 0.2) is 48.7 Å². The van der Waals surface area contributed by atoms with Gasteiger partial charge in [0.05, 0.1) is 25.4 Å². The monoisotopic (exact) mass is 526 g/mol. The highest BCUT2D eigenvalue weighted by Crippen LogP contribution is 2.47. The van der Waals surface area contributed by atoms with E-state index in [9.17, 15) is 9.59 Å². The van der Waals surface area contributed by atoms with Crippen LogP contribution in [0.3, 0.4) is 0 Å². The highest BCUT2D eigenvalue weighted by Gasteiger charge is 2.54. The average Bonchev–Trinajstić information content (AvgIpc) is 2.81. The number of aromatic nitrogens is 2. The summed E-state index contributed by atoms with van der Waals surface area (Å²) in [7, 11) is 0. The van der Waals surface area contributed by atoms with Crippen molar-refractivity contribution in [3.8, 4) is 17.4 Å². The number of amides is 2. The van der Waals surface area contributed by atoms with Crippen molar-refractivity contribution in [3.63, 3.8) is 0 Å². The first kappa shape index (κ1) is 25.3. The van der Waals surface area contributed by atoms with Gasteiger partial charge in [-0.05, 0) is 39.0 Å². The normalized spacial score (nSPS) is 15.8. The molecule has 10 nitrogen and oxygen atoms in total. The predicted molar refractivity (Wildman–Crippen MR) is 129 cm³/mol. The number of hydrogen-bond acceptors (Lipinski definition) is 8. The molecule has 198 valence electrons. The Morgan fingerprint density at radius 2 is 1.97 bits per heavy atom. The fourth-order valence-electron chi connectivity index (χ4n) is 4.19.